The summed E-state index contributed by atoms with van der Waals surface area (Å²) in [4.78, 5) is 3.52. The third kappa shape index (κ3) is 4.13. The summed E-state index contributed by atoms with van der Waals surface area (Å²) in [6, 6.07) is 2.23. The Bertz CT molecular complexity index is 261. The topological polar surface area (TPSA) is 38.9 Å². The molecule has 0 saturated heterocycles. The van der Waals surface area contributed by atoms with Crippen molar-refractivity contribution in [1.29, 1.82) is 0 Å². The minimum Gasteiger partial charge on any atom is -0.325 e. The summed E-state index contributed by atoms with van der Waals surface area (Å²) in [6.07, 6.45) is -3.54. The molecular weight excluding hydrogens is 240 g/mol. The molecule has 0 unspecified atom stereocenters. The van der Waals surface area contributed by atoms with Gasteiger partial charge in [-0.05, 0) is 12.1 Å². The van der Waals surface area contributed by atoms with Crippen LogP contribution in [0.5, 0.6) is 0 Å². The predicted molar refractivity (Wildman–Crippen MR) is 51.6 cm³/mol. The predicted octanol–water partition coefficient (Wildman–Crippen LogP) is 2.40. The van der Waals surface area contributed by atoms with E-state index < -0.39 is 11.7 Å². The molecule has 1 rings (SSSR count). The van der Waals surface area contributed by atoms with E-state index in [1.165, 1.54) is 6.07 Å². The molecule has 0 atom stereocenters. The van der Waals surface area contributed by atoms with E-state index in [2.05, 4.69) is 4.98 Å². The molecule has 0 aliphatic rings. The summed E-state index contributed by atoms with van der Waals surface area (Å²) in [7, 11) is 0. The van der Waals surface area contributed by atoms with Crippen LogP contribution in [-0.4, -0.2) is 4.98 Å². The second kappa shape index (κ2) is 6.06. The number of nitrogens with zero attached hydrogens (tertiary/aromatic N) is 1. The molecule has 14 heavy (non-hydrogen) atoms. The Morgan fingerprint density at radius 3 is 2.07 bits per heavy atom. The molecule has 1 heterocycles. The third-order valence-corrected chi connectivity index (χ3v) is 1.36. The molecule has 0 radical (unpaired) electrons. The molecule has 2 N–H and O–H groups in total. The first-order valence-corrected chi connectivity index (χ1v) is 3.26. The van der Waals surface area contributed by atoms with E-state index in [-0.39, 0.29) is 31.4 Å². The van der Waals surface area contributed by atoms with Crippen molar-refractivity contribution in [3.8, 4) is 0 Å². The van der Waals surface area contributed by atoms with E-state index in [0.717, 1.165) is 12.3 Å². The molecule has 0 saturated carbocycles. The van der Waals surface area contributed by atoms with Crippen LogP contribution >= 0.6 is 24.8 Å². The van der Waals surface area contributed by atoms with Gasteiger partial charge in [0.2, 0.25) is 0 Å². The average Bonchev–Trinajstić information content (AvgIpc) is 2.03. The zero-order valence-corrected chi connectivity index (χ0v) is 8.55. The number of hydrogen-bond donors (Lipinski definition) is 1. The Labute approximate surface area is 91.5 Å². The lowest BCUT2D eigenvalue weighted by molar-refractivity contribution is -0.137. The van der Waals surface area contributed by atoms with Gasteiger partial charge >= 0.3 is 6.18 Å². The standard InChI is InChI=1S/C7H7F3N2.2ClH/c8-7(9,10)5-1-2-6(3-11)12-4-5;;/h1-2,4H,3,11H2;2*1H. The highest BCUT2D eigenvalue weighted by Gasteiger charge is 2.30. The summed E-state index contributed by atoms with van der Waals surface area (Å²) >= 11 is 0. The van der Waals surface area contributed by atoms with Gasteiger partial charge in [0, 0.05) is 12.7 Å². The van der Waals surface area contributed by atoms with Crippen LogP contribution in [0.4, 0.5) is 13.2 Å². The van der Waals surface area contributed by atoms with Gasteiger partial charge in [-0.3, -0.25) is 4.98 Å². The molecule has 2 nitrogen and oxygen atoms in total. The first-order valence-electron chi connectivity index (χ1n) is 3.26. The van der Waals surface area contributed by atoms with Crippen molar-refractivity contribution in [2.24, 2.45) is 5.73 Å². The highest BCUT2D eigenvalue weighted by molar-refractivity contribution is 5.85. The minimum atomic E-state index is -4.32. The molecule has 1 aromatic rings. The number of pyridine rings is 1. The molecule has 0 aliphatic carbocycles. The Morgan fingerprint density at radius 2 is 1.79 bits per heavy atom. The van der Waals surface area contributed by atoms with E-state index in [0.29, 0.717) is 5.69 Å². The molecule has 82 valence electrons. The first-order chi connectivity index (χ1) is 5.54. The fourth-order valence-corrected chi connectivity index (χ4v) is 0.713. The lowest BCUT2D eigenvalue weighted by Crippen LogP contribution is -2.07. The van der Waals surface area contributed by atoms with E-state index in [4.69, 9.17) is 5.73 Å². The zero-order valence-electron chi connectivity index (χ0n) is 6.91. The van der Waals surface area contributed by atoms with Crippen molar-refractivity contribution < 1.29 is 13.2 Å². The van der Waals surface area contributed by atoms with Gasteiger partial charge in [-0.25, -0.2) is 0 Å². The zero-order chi connectivity index (χ0) is 9.19. The molecule has 7 heteroatoms. The summed E-state index contributed by atoms with van der Waals surface area (Å²) in [5.41, 5.74) is 4.86. The maximum absolute atomic E-state index is 12.0. The van der Waals surface area contributed by atoms with Gasteiger partial charge in [-0.15, -0.1) is 24.8 Å². The number of nitrogens with two attached hydrogens (primary N) is 1. The fourth-order valence-electron chi connectivity index (χ4n) is 0.713. The summed E-state index contributed by atoms with van der Waals surface area (Å²) < 4.78 is 35.9. The van der Waals surface area contributed by atoms with Crippen LogP contribution in [0, 0.1) is 0 Å². The van der Waals surface area contributed by atoms with Crippen LogP contribution < -0.4 is 5.73 Å². The number of halogens is 5. The molecule has 0 amide bonds. The number of hydrogen-bond acceptors (Lipinski definition) is 2. The Morgan fingerprint density at radius 1 is 1.21 bits per heavy atom. The van der Waals surface area contributed by atoms with Gasteiger partial charge in [-0.2, -0.15) is 13.2 Å². The van der Waals surface area contributed by atoms with Crippen LogP contribution in [0.2, 0.25) is 0 Å². The highest BCUT2D eigenvalue weighted by atomic mass is 35.5. The highest BCUT2D eigenvalue weighted by Crippen LogP contribution is 2.28. The quantitative estimate of drug-likeness (QED) is 0.829. The minimum absolute atomic E-state index is 0. The van der Waals surface area contributed by atoms with Crippen molar-refractivity contribution in [2.45, 2.75) is 12.7 Å². The lowest BCUT2D eigenvalue weighted by atomic mass is 10.2. The van der Waals surface area contributed by atoms with Crippen molar-refractivity contribution in [3.63, 3.8) is 0 Å². The van der Waals surface area contributed by atoms with E-state index in [1.807, 2.05) is 0 Å². The first kappa shape index (κ1) is 15.9. The van der Waals surface area contributed by atoms with E-state index in [1.54, 1.807) is 0 Å². The fraction of sp³-hybridized carbons (Fsp3) is 0.286. The average molecular weight is 249 g/mol. The summed E-state index contributed by atoms with van der Waals surface area (Å²) in [5.74, 6) is 0. The van der Waals surface area contributed by atoms with Crippen molar-refractivity contribution in [2.75, 3.05) is 0 Å². The normalized spacial score (nSPS) is 10.0. The van der Waals surface area contributed by atoms with Crippen LogP contribution in [0.25, 0.3) is 0 Å². The van der Waals surface area contributed by atoms with Crippen molar-refractivity contribution in [3.05, 3.63) is 29.6 Å². The maximum atomic E-state index is 12.0. The van der Waals surface area contributed by atoms with Gasteiger partial charge < -0.3 is 5.73 Å². The van der Waals surface area contributed by atoms with Crippen LogP contribution in [-0.2, 0) is 12.7 Å². The lowest BCUT2D eigenvalue weighted by Gasteiger charge is -2.05. The SMILES string of the molecule is Cl.Cl.NCc1ccc(C(F)(F)F)cn1. The number of aromatic nitrogens is 1. The molecule has 0 bridgehead atoms. The van der Waals surface area contributed by atoms with Crippen LogP contribution in [0.15, 0.2) is 18.3 Å². The molecular formula is C7H9Cl2F3N2. The van der Waals surface area contributed by atoms with Gasteiger partial charge in [0.15, 0.2) is 0 Å². The van der Waals surface area contributed by atoms with Crippen LogP contribution in [0.1, 0.15) is 11.3 Å². The monoisotopic (exact) mass is 248 g/mol. The number of alkyl halides is 3. The largest absolute Gasteiger partial charge is 0.417 e. The molecule has 0 aliphatic heterocycles. The molecule has 0 aromatic carbocycles. The Hall–Kier alpha value is -0.520. The van der Waals surface area contributed by atoms with Gasteiger partial charge in [0.25, 0.3) is 0 Å². The summed E-state index contributed by atoms with van der Waals surface area (Å²) in [5, 5.41) is 0. The van der Waals surface area contributed by atoms with Gasteiger partial charge in [0.1, 0.15) is 0 Å². The Kier molecular flexibility index (Phi) is 6.89. The number of rotatable bonds is 1. The smallest absolute Gasteiger partial charge is 0.325 e. The third-order valence-electron chi connectivity index (χ3n) is 1.36. The van der Waals surface area contributed by atoms with Crippen molar-refractivity contribution in [1.82, 2.24) is 4.98 Å². The van der Waals surface area contributed by atoms with Crippen molar-refractivity contribution >= 4 is 24.8 Å². The molecule has 0 fully saturated rings. The van der Waals surface area contributed by atoms with Gasteiger partial charge in [0.05, 0.1) is 11.3 Å². The van der Waals surface area contributed by atoms with Crippen LogP contribution in [0.3, 0.4) is 0 Å². The van der Waals surface area contributed by atoms with E-state index >= 15 is 0 Å². The Balaban J connectivity index is 0. The molecule has 0 spiro atoms. The summed E-state index contributed by atoms with van der Waals surface area (Å²) in [6.45, 7) is 0.151. The van der Waals surface area contributed by atoms with E-state index in [9.17, 15) is 13.2 Å². The second-order valence-corrected chi connectivity index (χ2v) is 2.24. The van der Waals surface area contributed by atoms with Gasteiger partial charge in [-0.1, -0.05) is 0 Å². The maximum Gasteiger partial charge on any atom is 0.417 e. The molecule has 1 aromatic heterocycles. The second-order valence-electron chi connectivity index (χ2n) is 2.24.